The van der Waals surface area contributed by atoms with E-state index in [9.17, 15) is 13.9 Å². The second-order valence-corrected chi connectivity index (χ2v) is 11.1. The number of nitrogens with one attached hydrogen (secondary N) is 2. The molecular weight excluding hydrogens is 440 g/mol. The van der Waals surface area contributed by atoms with Gasteiger partial charge in [-0.2, -0.15) is 21.0 Å². The van der Waals surface area contributed by atoms with Crippen molar-refractivity contribution in [2.45, 2.75) is 32.7 Å². The molecule has 0 bridgehead atoms. The lowest BCUT2D eigenvalue weighted by Gasteiger charge is -2.39. The summed E-state index contributed by atoms with van der Waals surface area (Å²) in [6, 6.07) is 9.56. The number of carbonyl (C=O) groups is 1. The molecule has 1 fully saturated rings. The summed E-state index contributed by atoms with van der Waals surface area (Å²) in [6.45, 7) is 4.49. The van der Waals surface area contributed by atoms with E-state index in [0.717, 1.165) is 11.2 Å². The second kappa shape index (κ2) is 9.39. The normalized spacial score (nSPS) is 17.0. The molecule has 9 nitrogen and oxygen atoms in total. The lowest BCUT2D eigenvalue weighted by atomic mass is 10.0. The van der Waals surface area contributed by atoms with Gasteiger partial charge in [0.05, 0.1) is 39.9 Å². The molecule has 1 aliphatic rings. The zero-order valence-electron chi connectivity index (χ0n) is 18.7. The van der Waals surface area contributed by atoms with E-state index >= 15 is 0 Å². The van der Waals surface area contributed by atoms with Gasteiger partial charge in [-0.3, -0.25) is 18.9 Å². The molecule has 0 unspecified atom stereocenters. The molecule has 33 heavy (non-hydrogen) atoms. The van der Waals surface area contributed by atoms with Gasteiger partial charge >= 0.3 is 0 Å². The first-order valence-corrected chi connectivity index (χ1v) is 12.8. The van der Waals surface area contributed by atoms with E-state index in [0.29, 0.717) is 53.4 Å². The minimum Gasteiger partial charge on any atom is -0.382 e. The molecule has 4 heterocycles. The SMILES string of the molecule is CC(C)Nc1cc(-c2ccc3cc(C#N)cnn23)ncc1C(=O)NCC1CCS(O)(O)CC1. The number of nitrogens with zero attached hydrogens (tertiary/aromatic N) is 4. The summed E-state index contributed by atoms with van der Waals surface area (Å²) < 4.78 is 21.3. The van der Waals surface area contributed by atoms with Gasteiger partial charge in [-0.05, 0) is 56.9 Å². The van der Waals surface area contributed by atoms with Gasteiger partial charge in [0.2, 0.25) is 0 Å². The van der Waals surface area contributed by atoms with E-state index < -0.39 is 10.6 Å². The average molecular weight is 469 g/mol. The van der Waals surface area contributed by atoms with Gasteiger partial charge < -0.3 is 10.6 Å². The van der Waals surface area contributed by atoms with Gasteiger partial charge in [0.25, 0.3) is 5.91 Å². The van der Waals surface area contributed by atoms with Crippen molar-refractivity contribution in [1.82, 2.24) is 19.9 Å². The molecular formula is C23H28N6O3S. The number of nitriles is 1. The van der Waals surface area contributed by atoms with Crippen LogP contribution in [0.15, 0.2) is 36.7 Å². The number of aromatic nitrogens is 3. The smallest absolute Gasteiger partial charge is 0.254 e. The molecule has 3 aromatic heterocycles. The van der Waals surface area contributed by atoms with Crippen LogP contribution in [0.25, 0.3) is 16.9 Å². The Bertz CT molecular complexity index is 1210. The van der Waals surface area contributed by atoms with Crippen LogP contribution in [0, 0.1) is 17.2 Å². The van der Waals surface area contributed by atoms with E-state index in [4.69, 9.17) is 5.26 Å². The molecule has 4 N–H and O–H groups in total. The summed E-state index contributed by atoms with van der Waals surface area (Å²) in [5, 5.41) is 19.8. The van der Waals surface area contributed by atoms with Crippen molar-refractivity contribution < 1.29 is 13.9 Å². The Morgan fingerprint density at radius 3 is 2.73 bits per heavy atom. The molecule has 1 saturated heterocycles. The number of pyridine rings is 1. The first-order chi connectivity index (χ1) is 15.8. The van der Waals surface area contributed by atoms with Crippen molar-refractivity contribution in [2.75, 3.05) is 23.4 Å². The molecule has 0 radical (unpaired) electrons. The van der Waals surface area contributed by atoms with Crippen molar-refractivity contribution in [3.05, 3.63) is 47.8 Å². The molecule has 0 atom stereocenters. The van der Waals surface area contributed by atoms with Crippen LogP contribution in [0.5, 0.6) is 0 Å². The number of hydrogen-bond acceptors (Lipinski definition) is 7. The Kier molecular flexibility index (Phi) is 6.56. The first kappa shape index (κ1) is 23.0. The molecule has 0 saturated carbocycles. The molecule has 0 aliphatic carbocycles. The molecule has 0 spiro atoms. The van der Waals surface area contributed by atoms with Crippen LogP contribution >= 0.6 is 10.6 Å². The zero-order valence-corrected chi connectivity index (χ0v) is 19.5. The summed E-state index contributed by atoms with van der Waals surface area (Å²) in [5.74, 6) is 0.823. The predicted molar refractivity (Wildman–Crippen MR) is 130 cm³/mol. The molecule has 3 aromatic rings. The van der Waals surface area contributed by atoms with Gasteiger partial charge in [-0.25, -0.2) is 4.52 Å². The maximum absolute atomic E-state index is 13.0. The summed E-state index contributed by atoms with van der Waals surface area (Å²) in [6.07, 6.45) is 4.46. The largest absolute Gasteiger partial charge is 0.382 e. The van der Waals surface area contributed by atoms with Gasteiger partial charge in [0.15, 0.2) is 0 Å². The van der Waals surface area contributed by atoms with Gasteiger partial charge in [0.1, 0.15) is 6.07 Å². The van der Waals surface area contributed by atoms with Crippen molar-refractivity contribution >= 4 is 27.7 Å². The van der Waals surface area contributed by atoms with Crippen LogP contribution in [0.2, 0.25) is 0 Å². The summed E-state index contributed by atoms with van der Waals surface area (Å²) in [7, 11) is -2.43. The Morgan fingerprint density at radius 2 is 2.03 bits per heavy atom. The number of fused-ring (bicyclic) bond motifs is 1. The third-order valence-corrected chi connectivity index (χ3v) is 7.52. The van der Waals surface area contributed by atoms with Gasteiger partial charge in [-0.15, -0.1) is 0 Å². The van der Waals surface area contributed by atoms with Crippen molar-refractivity contribution in [1.29, 1.82) is 5.26 Å². The lowest BCUT2D eigenvalue weighted by Crippen LogP contribution is -2.33. The Morgan fingerprint density at radius 1 is 1.27 bits per heavy atom. The predicted octanol–water partition coefficient (Wildman–Crippen LogP) is 3.98. The Balaban J connectivity index is 1.56. The van der Waals surface area contributed by atoms with Crippen LogP contribution in [0.4, 0.5) is 5.69 Å². The highest BCUT2D eigenvalue weighted by atomic mass is 32.3. The van der Waals surface area contributed by atoms with Crippen LogP contribution in [0.1, 0.15) is 42.6 Å². The van der Waals surface area contributed by atoms with E-state index in [1.807, 2.05) is 32.0 Å². The fraction of sp³-hybridized carbons (Fsp3) is 0.391. The van der Waals surface area contributed by atoms with E-state index in [2.05, 4.69) is 26.8 Å². The van der Waals surface area contributed by atoms with Crippen molar-refractivity contribution in [3.8, 4) is 17.5 Å². The monoisotopic (exact) mass is 468 g/mol. The van der Waals surface area contributed by atoms with Crippen molar-refractivity contribution in [2.24, 2.45) is 5.92 Å². The summed E-state index contributed by atoms with van der Waals surface area (Å²) >= 11 is 0. The van der Waals surface area contributed by atoms with Gasteiger partial charge in [-0.1, -0.05) is 0 Å². The summed E-state index contributed by atoms with van der Waals surface area (Å²) in [4.78, 5) is 17.5. The minimum absolute atomic E-state index is 0.107. The van der Waals surface area contributed by atoms with Crippen LogP contribution < -0.4 is 10.6 Å². The van der Waals surface area contributed by atoms with Crippen LogP contribution in [0.3, 0.4) is 0 Å². The van der Waals surface area contributed by atoms with E-state index in [1.54, 1.807) is 16.8 Å². The number of rotatable bonds is 6. The Labute approximate surface area is 194 Å². The third kappa shape index (κ3) is 5.27. The zero-order chi connectivity index (χ0) is 23.6. The quantitative estimate of drug-likeness (QED) is 0.430. The number of carbonyl (C=O) groups excluding carboxylic acids is 1. The topological polar surface area (TPSA) is 136 Å². The third-order valence-electron chi connectivity index (χ3n) is 5.74. The fourth-order valence-electron chi connectivity index (χ4n) is 3.95. The van der Waals surface area contributed by atoms with Crippen molar-refractivity contribution in [3.63, 3.8) is 0 Å². The molecule has 4 rings (SSSR count). The number of anilines is 1. The Hall–Kier alpha value is -3.13. The fourth-order valence-corrected chi connectivity index (χ4v) is 5.58. The standard InChI is InChI=1S/C23H28N6O3S/c1-15(2)28-20-10-21(22-4-3-18-9-17(11-24)13-27-29(18)22)25-14-19(20)23(30)26-12-16-5-7-33(31,32)8-6-16/h3-4,9-10,13-16,31-32H,5-8,12H2,1-2H3,(H,25,28)(H,26,30). The van der Waals surface area contributed by atoms with Gasteiger partial charge in [0, 0.05) is 30.3 Å². The van der Waals surface area contributed by atoms with Crippen LogP contribution in [-0.2, 0) is 0 Å². The van der Waals surface area contributed by atoms with Crippen LogP contribution in [-0.4, -0.2) is 53.7 Å². The number of amides is 1. The molecule has 174 valence electrons. The number of hydrogen-bond donors (Lipinski definition) is 4. The average Bonchev–Trinajstić information content (AvgIpc) is 3.21. The lowest BCUT2D eigenvalue weighted by molar-refractivity contribution is 0.0946. The maximum atomic E-state index is 13.0. The minimum atomic E-state index is -2.43. The molecule has 0 aromatic carbocycles. The molecule has 1 aliphatic heterocycles. The summed E-state index contributed by atoms with van der Waals surface area (Å²) in [5.41, 5.74) is 3.81. The molecule has 10 heteroatoms. The van der Waals surface area contributed by atoms with E-state index in [-0.39, 0.29) is 17.9 Å². The second-order valence-electron chi connectivity index (χ2n) is 8.69. The highest BCUT2D eigenvalue weighted by Gasteiger charge is 2.25. The molecule has 1 amide bonds. The first-order valence-electron chi connectivity index (χ1n) is 10.9. The van der Waals surface area contributed by atoms with E-state index in [1.165, 1.54) is 6.20 Å². The maximum Gasteiger partial charge on any atom is 0.254 e. The highest BCUT2D eigenvalue weighted by Crippen LogP contribution is 2.45. The highest BCUT2D eigenvalue weighted by molar-refractivity contribution is 8.24.